The lowest BCUT2D eigenvalue weighted by Crippen LogP contribution is -2.25. The van der Waals surface area contributed by atoms with Crippen LogP contribution in [0.4, 0.5) is 21.6 Å². The Morgan fingerprint density at radius 3 is 2.61 bits per heavy atom. The first-order valence-corrected chi connectivity index (χ1v) is 12.4. The van der Waals surface area contributed by atoms with Gasteiger partial charge in [-0.1, -0.05) is 6.07 Å². The van der Waals surface area contributed by atoms with Crippen molar-refractivity contribution < 1.29 is 13.6 Å². The highest BCUT2D eigenvalue weighted by atomic mass is 127. The van der Waals surface area contributed by atoms with Crippen LogP contribution in [0.1, 0.15) is 37.1 Å². The predicted octanol–water partition coefficient (Wildman–Crippen LogP) is 5.41. The van der Waals surface area contributed by atoms with Gasteiger partial charge < -0.3 is 19.6 Å². The number of amides is 1. The summed E-state index contributed by atoms with van der Waals surface area (Å²) in [5, 5.41) is 5.78. The number of fused-ring (bicyclic) bond motifs is 1. The second-order valence-electron chi connectivity index (χ2n) is 8.80. The van der Waals surface area contributed by atoms with E-state index in [2.05, 4.69) is 15.6 Å². The minimum atomic E-state index is -0.654. The highest BCUT2D eigenvalue weighted by Crippen LogP contribution is 2.40. The van der Waals surface area contributed by atoms with E-state index in [0.717, 1.165) is 12.8 Å². The molecule has 2 N–H and O–H groups in total. The van der Waals surface area contributed by atoms with Gasteiger partial charge in [-0.3, -0.25) is 9.59 Å². The lowest BCUT2D eigenvalue weighted by molar-refractivity contribution is -0.114. The summed E-state index contributed by atoms with van der Waals surface area (Å²) in [5.41, 5.74) is 1.06. The summed E-state index contributed by atoms with van der Waals surface area (Å²) in [5.74, 6) is -0.468. The Hall–Kier alpha value is -3.54. The summed E-state index contributed by atoms with van der Waals surface area (Å²) in [6, 6.07) is 9.75. The van der Waals surface area contributed by atoms with Gasteiger partial charge in [0.2, 0.25) is 5.91 Å². The SMILES string of the molecule is CC(=O)Nc1cccc(-c2c(C)n(C3CC3)c(=O)c3c(Nc4ccc(I)cc4F)c(C)c(=O)oc23)n1. The van der Waals surface area contributed by atoms with E-state index in [0.29, 0.717) is 26.3 Å². The Bertz CT molecular complexity index is 1670. The Labute approximate surface area is 218 Å². The molecule has 1 amide bonds. The molecule has 3 heterocycles. The molecular weight excluding hydrogens is 578 g/mol. The average molecular weight is 600 g/mol. The molecule has 1 aliphatic carbocycles. The number of nitrogens with zero attached hydrogens (tertiary/aromatic N) is 2. The van der Waals surface area contributed by atoms with Crippen LogP contribution in [0.5, 0.6) is 0 Å². The number of benzene rings is 1. The van der Waals surface area contributed by atoms with Gasteiger partial charge in [-0.25, -0.2) is 14.2 Å². The molecule has 10 heteroatoms. The molecule has 0 atom stereocenters. The van der Waals surface area contributed by atoms with Gasteiger partial charge in [0, 0.05) is 22.2 Å². The highest BCUT2D eigenvalue weighted by Gasteiger charge is 2.31. The lowest BCUT2D eigenvalue weighted by Gasteiger charge is -2.19. The molecule has 0 saturated heterocycles. The van der Waals surface area contributed by atoms with Crippen LogP contribution in [0.3, 0.4) is 0 Å². The molecule has 0 unspecified atom stereocenters. The number of rotatable bonds is 5. The minimum Gasteiger partial charge on any atom is -0.421 e. The van der Waals surface area contributed by atoms with E-state index in [1.165, 1.54) is 19.9 Å². The molecule has 1 fully saturated rings. The van der Waals surface area contributed by atoms with Gasteiger partial charge in [0.15, 0.2) is 5.58 Å². The third kappa shape index (κ3) is 4.29. The normalized spacial score (nSPS) is 13.1. The second kappa shape index (κ2) is 9.16. The van der Waals surface area contributed by atoms with Gasteiger partial charge in [0.25, 0.3) is 5.56 Å². The molecule has 0 aliphatic heterocycles. The maximum atomic E-state index is 14.7. The molecule has 5 rings (SSSR count). The first-order valence-electron chi connectivity index (χ1n) is 11.3. The van der Waals surface area contributed by atoms with Gasteiger partial charge in [-0.05, 0) is 79.6 Å². The predicted molar refractivity (Wildman–Crippen MR) is 144 cm³/mol. The van der Waals surface area contributed by atoms with Crippen molar-refractivity contribution in [3.05, 3.63) is 77.8 Å². The number of nitrogens with one attached hydrogen (secondary N) is 2. The van der Waals surface area contributed by atoms with Crippen LogP contribution in [0.25, 0.3) is 22.2 Å². The van der Waals surface area contributed by atoms with Crippen molar-refractivity contribution in [2.24, 2.45) is 0 Å². The van der Waals surface area contributed by atoms with Crippen LogP contribution in [-0.2, 0) is 4.79 Å². The molecular formula is C26H22FIN4O4. The minimum absolute atomic E-state index is 0.00861. The van der Waals surface area contributed by atoms with E-state index in [1.807, 2.05) is 22.6 Å². The molecule has 0 radical (unpaired) electrons. The topological polar surface area (TPSA) is 106 Å². The van der Waals surface area contributed by atoms with Crippen molar-refractivity contribution >= 4 is 56.7 Å². The third-order valence-corrected chi connectivity index (χ3v) is 6.82. The number of hydrogen-bond acceptors (Lipinski definition) is 6. The van der Waals surface area contributed by atoms with Crippen molar-refractivity contribution in [3.8, 4) is 11.3 Å². The van der Waals surface area contributed by atoms with Crippen LogP contribution in [0.2, 0.25) is 0 Å². The van der Waals surface area contributed by atoms with E-state index in [9.17, 15) is 18.8 Å². The summed E-state index contributed by atoms with van der Waals surface area (Å²) in [6.07, 6.45) is 1.69. The third-order valence-electron chi connectivity index (χ3n) is 6.15. The maximum Gasteiger partial charge on any atom is 0.341 e. The Morgan fingerprint density at radius 1 is 1.19 bits per heavy atom. The molecule has 8 nitrogen and oxygen atoms in total. The van der Waals surface area contributed by atoms with Gasteiger partial charge in [-0.15, -0.1) is 0 Å². The van der Waals surface area contributed by atoms with E-state index in [4.69, 9.17) is 4.42 Å². The number of aromatic nitrogens is 2. The molecule has 1 aromatic carbocycles. The summed E-state index contributed by atoms with van der Waals surface area (Å²) >= 11 is 2.01. The monoisotopic (exact) mass is 600 g/mol. The van der Waals surface area contributed by atoms with E-state index in [1.54, 1.807) is 41.8 Å². The van der Waals surface area contributed by atoms with E-state index in [-0.39, 0.29) is 45.4 Å². The molecule has 1 saturated carbocycles. The van der Waals surface area contributed by atoms with Crippen molar-refractivity contribution in [3.63, 3.8) is 0 Å². The van der Waals surface area contributed by atoms with Crippen LogP contribution in [0.15, 0.2) is 50.4 Å². The summed E-state index contributed by atoms with van der Waals surface area (Å²) in [6.45, 7) is 4.70. The Balaban J connectivity index is 1.85. The second-order valence-corrected chi connectivity index (χ2v) is 10.0. The van der Waals surface area contributed by atoms with Gasteiger partial charge in [0.1, 0.15) is 17.0 Å². The molecule has 4 aromatic rings. The fraction of sp³-hybridized carbons (Fsp3) is 0.231. The first-order chi connectivity index (χ1) is 17.2. The fourth-order valence-corrected chi connectivity index (χ4v) is 4.79. The molecule has 184 valence electrons. The number of carbonyl (C=O) groups is 1. The average Bonchev–Trinajstić information content (AvgIpc) is 3.63. The molecule has 1 aliphatic rings. The van der Waals surface area contributed by atoms with Gasteiger partial charge >= 0.3 is 5.63 Å². The Morgan fingerprint density at radius 2 is 1.94 bits per heavy atom. The summed E-state index contributed by atoms with van der Waals surface area (Å²) < 4.78 is 22.9. The number of pyridine rings is 2. The van der Waals surface area contributed by atoms with E-state index < -0.39 is 11.4 Å². The first kappa shape index (κ1) is 24.2. The smallest absolute Gasteiger partial charge is 0.341 e. The van der Waals surface area contributed by atoms with Gasteiger partial charge in [-0.2, -0.15) is 0 Å². The zero-order valence-electron chi connectivity index (χ0n) is 19.7. The molecule has 0 spiro atoms. The number of halogens is 2. The zero-order chi connectivity index (χ0) is 25.7. The van der Waals surface area contributed by atoms with Crippen molar-refractivity contribution in [1.82, 2.24) is 9.55 Å². The zero-order valence-corrected chi connectivity index (χ0v) is 21.9. The van der Waals surface area contributed by atoms with Crippen LogP contribution < -0.4 is 21.8 Å². The number of hydrogen-bond donors (Lipinski definition) is 2. The number of carbonyl (C=O) groups excluding carboxylic acids is 1. The molecule has 36 heavy (non-hydrogen) atoms. The number of anilines is 3. The lowest BCUT2D eigenvalue weighted by atomic mass is 10.0. The highest BCUT2D eigenvalue weighted by molar-refractivity contribution is 14.1. The van der Waals surface area contributed by atoms with Crippen LogP contribution in [0, 0.1) is 23.2 Å². The van der Waals surface area contributed by atoms with Crippen LogP contribution in [-0.4, -0.2) is 15.5 Å². The molecule has 3 aromatic heterocycles. The van der Waals surface area contributed by atoms with Gasteiger partial charge in [0.05, 0.1) is 28.2 Å². The maximum absolute atomic E-state index is 14.7. The fourth-order valence-electron chi connectivity index (χ4n) is 4.34. The molecule has 0 bridgehead atoms. The van der Waals surface area contributed by atoms with Crippen molar-refractivity contribution in [1.29, 1.82) is 0 Å². The largest absolute Gasteiger partial charge is 0.421 e. The van der Waals surface area contributed by atoms with Crippen molar-refractivity contribution in [2.75, 3.05) is 10.6 Å². The van der Waals surface area contributed by atoms with E-state index >= 15 is 0 Å². The summed E-state index contributed by atoms with van der Waals surface area (Å²) in [4.78, 5) is 42.9. The quantitative estimate of drug-likeness (QED) is 0.297. The summed E-state index contributed by atoms with van der Waals surface area (Å²) in [7, 11) is 0. The van der Waals surface area contributed by atoms with Crippen LogP contribution >= 0.6 is 22.6 Å². The standard InChI is InChI=1S/C26H22FIN4O4/c1-12-23(31-18-10-7-15(28)11-17(18)27)22-24(36-26(12)35)21(13(2)32(25(22)34)16-8-9-16)19-5-4-6-20(30-19)29-14(3)33/h4-7,10-11,16,31H,8-9H2,1-3H3,(H,29,30,33). The Kier molecular flexibility index (Phi) is 6.15. The van der Waals surface area contributed by atoms with Crippen molar-refractivity contribution in [2.45, 2.75) is 39.7 Å².